The molecule has 112 valence electrons. The van der Waals surface area contributed by atoms with Gasteiger partial charge in [-0.15, -0.1) is 0 Å². The number of hydrogen-bond acceptors (Lipinski definition) is 4. The maximum absolute atomic E-state index is 11.9. The van der Waals surface area contributed by atoms with Crippen LogP contribution in [-0.2, 0) is 10.0 Å². The summed E-state index contributed by atoms with van der Waals surface area (Å²) in [6.45, 7) is 1.55. The van der Waals surface area contributed by atoms with Crippen LogP contribution in [0.4, 0.5) is 11.4 Å². The van der Waals surface area contributed by atoms with Crippen LogP contribution < -0.4 is 10.0 Å². The molecule has 0 saturated heterocycles. The van der Waals surface area contributed by atoms with Gasteiger partial charge in [0.15, 0.2) is 10.4 Å². The molecule has 8 heteroatoms. The van der Waals surface area contributed by atoms with Gasteiger partial charge < -0.3 is 9.73 Å². The zero-order chi connectivity index (χ0) is 15.5. The lowest BCUT2D eigenvalue weighted by Crippen LogP contribution is -2.14. The molecule has 1 heterocycles. The molecular weight excluding hydrogens is 360 g/mol. The fourth-order valence-corrected chi connectivity index (χ4v) is 2.45. The van der Waals surface area contributed by atoms with Crippen LogP contribution in [-0.4, -0.2) is 20.1 Å². The molecular formula is C13H13BrN2O4S. The SMILES string of the molecule is CCS(=O)(=O)Nc1ccc(NC(=O)c2ccc(Br)o2)cc1. The Morgan fingerprint density at radius 2 is 1.76 bits per heavy atom. The minimum Gasteiger partial charge on any atom is -0.444 e. The Labute approximate surface area is 130 Å². The van der Waals surface area contributed by atoms with Gasteiger partial charge in [0.1, 0.15) is 0 Å². The first kappa shape index (κ1) is 15.6. The summed E-state index contributed by atoms with van der Waals surface area (Å²) >= 11 is 3.12. The van der Waals surface area contributed by atoms with Gasteiger partial charge in [0.05, 0.1) is 5.75 Å². The van der Waals surface area contributed by atoms with Gasteiger partial charge in [-0.25, -0.2) is 8.42 Å². The predicted molar refractivity (Wildman–Crippen MR) is 83.9 cm³/mol. The van der Waals surface area contributed by atoms with Crippen molar-refractivity contribution in [2.24, 2.45) is 0 Å². The molecule has 6 nitrogen and oxygen atoms in total. The smallest absolute Gasteiger partial charge is 0.291 e. The summed E-state index contributed by atoms with van der Waals surface area (Å²) in [6, 6.07) is 9.51. The standard InChI is InChI=1S/C13H13BrN2O4S/c1-2-21(18,19)16-10-5-3-9(4-6-10)15-13(17)11-7-8-12(14)20-11/h3-8,16H,2H2,1H3,(H,15,17). The van der Waals surface area contributed by atoms with Crippen molar-refractivity contribution >= 4 is 43.2 Å². The second-order valence-corrected chi connectivity index (χ2v) is 6.93. The Morgan fingerprint density at radius 1 is 1.14 bits per heavy atom. The molecule has 0 radical (unpaired) electrons. The fraction of sp³-hybridized carbons (Fsp3) is 0.154. The molecule has 0 aliphatic heterocycles. The Balaban J connectivity index is 2.04. The predicted octanol–water partition coefficient (Wildman–Crippen LogP) is 3.06. The molecule has 21 heavy (non-hydrogen) atoms. The molecule has 1 aromatic carbocycles. The summed E-state index contributed by atoms with van der Waals surface area (Å²) in [4.78, 5) is 11.9. The molecule has 0 unspecified atom stereocenters. The van der Waals surface area contributed by atoms with Crippen LogP contribution >= 0.6 is 15.9 Å². The fourth-order valence-electron chi connectivity index (χ4n) is 1.50. The maximum Gasteiger partial charge on any atom is 0.291 e. The second-order valence-electron chi connectivity index (χ2n) is 4.14. The topological polar surface area (TPSA) is 88.4 Å². The van der Waals surface area contributed by atoms with Crippen molar-refractivity contribution < 1.29 is 17.6 Å². The van der Waals surface area contributed by atoms with Crippen LogP contribution in [0.2, 0.25) is 0 Å². The highest BCUT2D eigenvalue weighted by Gasteiger charge is 2.11. The zero-order valence-electron chi connectivity index (χ0n) is 11.1. The van der Waals surface area contributed by atoms with Gasteiger partial charge in [0.2, 0.25) is 10.0 Å². The van der Waals surface area contributed by atoms with Gasteiger partial charge in [-0.1, -0.05) is 0 Å². The zero-order valence-corrected chi connectivity index (χ0v) is 13.5. The first-order valence-electron chi connectivity index (χ1n) is 6.07. The summed E-state index contributed by atoms with van der Waals surface area (Å²) in [5.41, 5.74) is 0.975. The van der Waals surface area contributed by atoms with Gasteiger partial charge in [-0.3, -0.25) is 9.52 Å². The molecule has 2 rings (SSSR count). The van der Waals surface area contributed by atoms with E-state index in [1.807, 2.05) is 0 Å². The summed E-state index contributed by atoms with van der Waals surface area (Å²) in [7, 11) is -3.31. The van der Waals surface area contributed by atoms with E-state index < -0.39 is 10.0 Å². The number of rotatable bonds is 5. The van der Waals surface area contributed by atoms with E-state index in [1.165, 1.54) is 0 Å². The molecule has 0 atom stereocenters. The Kier molecular flexibility index (Phi) is 4.69. The lowest BCUT2D eigenvalue weighted by molar-refractivity contribution is 0.0995. The number of amides is 1. The van der Waals surface area contributed by atoms with Gasteiger partial charge in [0, 0.05) is 11.4 Å². The minimum atomic E-state index is -3.31. The summed E-state index contributed by atoms with van der Waals surface area (Å²) in [6.07, 6.45) is 0. The lowest BCUT2D eigenvalue weighted by atomic mass is 10.3. The van der Waals surface area contributed by atoms with E-state index in [2.05, 4.69) is 26.0 Å². The normalized spacial score (nSPS) is 11.1. The van der Waals surface area contributed by atoms with E-state index in [9.17, 15) is 13.2 Å². The molecule has 0 fully saturated rings. The van der Waals surface area contributed by atoms with Crippen molar-refractivity contribution in [3.05, 3.63) is 46.8 Å². The van der Waals surface area contributed by atoms with Crippen molar-refractivity contribution in [1.29, 1.82) is 0 Å². The third-order valence-corrected chi connectivity index (χ3v) is 4.33. The number of nitrogens with one attached hydrogen (secondary N) is 2. The van der Waals surface area contributed by atoms with E-state index in [0.717, 1.165) is 0 Å². The summed E-state index contributed by atoms with van der Waals surface area (Å²) in [5, 5.41) is 2.64. The average Bonchev–Trinajstić information content (AvgIpc) is 2.87. The molecule has 2 aromatic rings. The van der Waals surface area contributed by atoms with Gasteiger partial charge in [0.25, 0.3) is 5.91 Å². The number of anilines is 2. The van der Waals surface area contributed by atoms with E-state index >= 15 is 0 Å². The monoisotopic (exact) mass is 372 g/mol. The minimum absolute atomic E-state index is 0.00113. The largest absolute Gasteiger partial charge is 0.444 e. The second kappa shape index (κ2) is 6.31. The van der Waals surface area contributed by atoms with Crippen molar-refractivity contribution in [2.75, 3.05) is 15.8 Å². The number of carbonyl (C=O) groups is 1. The Hall–Kier alpha value is -1.80. The van der Waals surface area contributed by atoms with Gasteiger partial charge in [-0.05, 0) is 59.3 Å². The van der Waals surface area contributed by atoms with Gasteiger partial charge in [-0.2, -0.15) is 0 Å². The van der Waals surface area contributed by atoms with Crippen LogP contribution in [0, 0.1) is 0 Å². The van der Waals surface area contributed by atoms with Crippen molar-refractivity contribution in [3.8, 4) is 0 Å². The number of hydrogen-bond donors (Lipinski definition) is 2. The molecule has 0 aliphatic rings. The number of benzene rings is 1. The van der Waals surface area contributed by atoms with Crippen LogP contribution in [0.1, 0.15) is 17.5 Å². The molecule has 2 N–H and O–H groups in total. The summed E-state index contributed by atoms with van der Waals surface area (Å²) in [5.74, 6) is -0.209. The summed E-state index contributed by atoms with van der Waals surface area (Å²) < 4.78 is 30.9. The number of furan rings is 1. The first-order chi connectivity index (χ1) is 9.89. The maximum atomic E-state index is 11.9. The highest BCUT2D eigenvalue weighted by molar-refractivity contribution is 9.10. The molecule has 0 bridgehead atoms. The van der Waals surface area contributed by atoms with Crippen molar-refractivity contribution in [3.63, 3.8) is 0 Å². The van der Waals surface area contributed by atoms with Crippen LogP contribution in [0.15, 0.2) is 45.5 Å². The Bertz CT molecular complexity index is 738. The molecule has 0 aliphatic carbocycles. The van der Waals surface area contributed by atoms with Crippen molar-refractivity contribution in [1.82, 2.24) is 0 Å². The highest BCUT2D eigenvalue weighted by atomic mass is 79.9. The number of sulfonamides is 1. The van der Waals surface area contributed by atoms with Crippen molar-refractivity contribution in [2.45, 2.75) is 6.92 Å². The highest BCUT2D eigenvalue weighted by Crippen LogP contribution is 2.18. The van der Waals surface area contributed by atoms with E-state index in [1.54, 1.807) is 43.3 Å². The molecule has 1 aromatic heterocycles. The number of halogens is 1. The third kappa shape index (κ3) is 4.33. The van der Waals surface area contributed by atoms with E-state index in [0.29, 0.717) is 16.0 Å². The molecule has 0 spiro atoms. The lowest BCUT2D eigenvalue weighted by Gasteiger charge is -2.07. The van der Waals surface area contributed by atoms with Crippen LogP contribution in [0.25, 0.3) is 0 Å². The third-order valence-electron chi connectivity index (χ3n) is 2.59. The Morgan fingerprint density at radius 3 is 2.29 bits per heavy atom. The first-order valence-corrected chi connectivity index (χ1v) is 8.51. The molecule has 1 amide bonds. The van der Waals surface area contributed by atoms with Crippen LogP contribution in [0.3, 0.4) is 0 Å². The quantitative estimate of drug-likeness (QED) is 0.843. The average molecular weight is 373 g/mol. The van der Waals surface area contributed by atoms with E-state index in [-0.39, 0.29) is 17.4 Å². The number of carbonyl (C=O) groups excluding carboxylic acids is 1. The van der Waals surface area contributed by atoms with Crippen LogP contribution in [0.5, 0.6) is 0 Å². The molecule has 0 saturated carbocycles. The van der Waals surface area contributed by atoms with E-state index in [4.69, 9.17) is 4.42 Å². The van der Waals surface area contributed by atoms with Gasteiger partial charge >= 0.3 is 0 Å².